The fraction of sp³-hybridized carbons (Fsp3) is 0.286. The maximum absolute atomic E-state index is 10.7. The number of aromatic amines is 1. The highest BCUT2D eigenvalue weighted by Crippen LogP contribution is 2.05. The normalized spacial score (nSPS) is 8.55. The van der Waals surface area contributed by atoms with Crippen LogP contribution in [0.1, 0.15) is 5.69 Å². The molecule has 0 spiro atoms. The minimum atomic E-state index is -0.128. The van der Waals surface area contributed by atoms with Gasteiger partial charge >= 0.3 is 0 Å². The van der Waals surface area contributed by atoms with E-state index in [1.807, 2.05) is 6.92 Å². The second-order valence-electron chi connectivity index (χ2n) is 2.07. The second kappa shape index (κ2) is 4.03. The number of pyridine rings is 1. The SMILES string of the molecule is COc1cc(C)[nH]c(=O)c1.Cl. The van der Waals surface area contributed by atoms with E-state index in [9.17, 15) is 4.79 Å². The van der Waals surface area contributed by atoms with Crippen molar-refractivity contribution < 1.29 is 4.74 Å². The van der Waals surface area contributed by atoms with E-state index in [0.717, 1.165) is 5.69 Å². The van der Waals surface area contributed by atoms with Crippen molar-refractivity contribution in [3.8, 4) is 5.75 Å². The highest BCUT2D eigenvalue weighted by molar-refractivity contribution is 5.85. The molecule has 62 valence electrons. The lowest BCUT2D eigenvalue weighted by atomic mass is 10.3. The third-order valence-electron chi connectivity index (χ3n) is 1.19. The summed E-state index contributed by atoms with van der Waals surface area (Å²) in [6, 6.07) is 3.18. The quantitative estimate of drug-likeness (QED) is 0.695. The molecule has 0 atom stereocenters. The molecule has 1 N–H and O–H groups in total. The summed E-state index contributed by atoms with van der Waals surface area (Å²) in [5, 5.41) is 0. The molecule has 1 aromatic rings. The zero-order valence-corrected chi connectivity index (χ0v) is 7.20. The lowest BCUT2D eigenvalue weighted by Crippen LogP contribution is -2.05. The molecule has 0 aliphatic heterocycles. The van der Waals surface area contributed by atoms with E-state index in [-0.39, 0.29) is 18.0 Å². The number of aryl methyl sites for hydroxylation is 1. The van der Waals surface area contributed by atoms with E-state index in [1.54, 1.807) is 6.07 Å². The van der Waals surface area contributed by atoms with E-state index < -0.39 is 0 Å². The molecule has 0 unspecified atom stereocenters. The van der Waals surface area contributed by atoms with Crippen LogP contribution in [0.15, 0.2) is 16.9 Å². The first-order chi connectivity index (χ1) is 4.72. The summed E-state index contributed by atoms with van der Waals surface area (Å²) in [7, 11) is 1.54. The smallest absolute Gasteiger partial charge is 0.251 e. The highest BCUT2D eigenvalue weighted by Gasteiger charge is 1.92. The van der Waals surface area contributed by atoms with Crippen LogP contribution >= 0.6 is 12.4 Å². The van der Waals surface area contributed by atoms with Crippen LogP contribution in [0, 0.1) is 6.92 Å². The van der Waals surface area contributed by atoms with Crippen LogP contribution in [0.5, 0.6) is 5.75 Å². The number of hydrogen-bond donors (Lipinski definition) is 1. The van der Waals surface area contributed by atoms with Gasteiger partial charge in [0.05, 0.1) is 7.11 Å². The number of nitrogens with one attached hydrogen (secondary N) is 1. The minimum Gasteiger partial charge on any atom is -0.496 e. The molecule has 0 amide bonds. The molecule has 1 aromatic heterocycles. The van der Waals surface area contributed by atoms with E-state index in [0.29, 0.717) is 5.75 Å². The van der Waals surface area contributed by atoms with E-state index in [1.165, 1.54) is 13.2 Å². The van der Waals surface area contributed by atoms with Crippen LogP contribution in [0.4, 0.5) is 0 Å². The highest BCUT2D eigenvalue weighted by atomic mass is 35.5. The minimum absolute atomic E-state index is 0. The van der Waals surface area contributed by atoms with E-state index in [2.05, 4.69) is 4.98 Å². The van der Waals surface area contributed by atoms with Crippen molar-refractivity contribution in [1.29, 1.82) is 0 Å². The molecular formula is C7H10ClNO2. The standard InChI is InChI=1S/C7H9NO2.ClH/c1-5-3-6(10-2)4-7(9)8-5;/h3-4H,1-2H3,(H,8,9);1H. The van der Waals surface area contributed by atoms with Crippen molar-refractivity contribution in [2.45, 2.75) is 6.92 Å². The Kier molecular flexibility index (Phi) is 3.68. The third-order valence-corrected chi connectivity index (χ3v) is 1.19. The van der Waals surface area contributed by atoms with Crippen LogP contribution in [-0.4, -0.2) is 12.1 Å². The van der Waals surface area contributed by atoms with Crippen molar-refractivity contribution >= 4 is 12.4 Å². The van der Waals surface area contributed by atoms with Gasteiger partial charge < -0.3 is 9.72 Å². The van der Waals surface area contributed by atoms with Gasteiger partial charge in [-0.3, -0.25) is 4.79 Å². The van der Waals surface area contributed by atoms with Gasteiger partial charge in [0.25, 0.3) is 5.56 Å². The largest absolute Gasteiger partial charge is 0.496 e. The Morgan fingerprint density at radius 3 is 2.55 bits per heavy atom. The number of methoxy groups -OCH3 is 1. The lowest BCUT2D eigenvalue weighted by molar-refractivity contribution is 0.413. The first-order valence-electron chi connectivity index (χ1n) is 2.97. The van der Waals surface area contributed by atoms with Crippen molar-refractivity contribution in [3.63, 3.8) is 0 Å². The number of halogens is 1. The van der Waals surface area contributed by atoms with Crippen LogP contribution in [0.2, 0.25) is 0 Å². The average molecular weight is 176 g/mol. The Labute approximate surface area is 70.8 Å². The molecule has 0 saturated carbocycles. The van der Waals surface area contributed by atoms with Crippen LogP contribution < -0.4 is 10.3 Å². The van der Waals surface area contributed by atoms with Gasteiger partial charge in [0.15, 0.2) is 0 Å². The first-order valence-corrected chi connectivity index (χ1v) is 2.97. The maximum Gasteiger partial charge on any atom is 0.251 e. The van der Waals surface area contributed by atoms with Crippen molar-refractivity contribution in [3.05, 3.63) is 28.2 Å². The van der Waals surface area contributed by atoms with Crippen molar-refractivity contribution in [2.75, 3.05) is 7.11 Å². The summed E-state index contributed by atoms with van der Waals surface area (Å²) in [6.45, 7) is 1.81. The molecule has 4 heteroatoms. The van der Waals surface area contributed by atoms with Gasteiger partial charge in [0.2, 0.25) is 0 Å². The van der Waals surface area contributed by atoms with E-state index >= 15 is 0 Å². The molecule has 1 rings (SSSR count). The summed E-state index contributed by atoms with van der Waals surface area (Å²) in [5.74, 6) is 0.598. The molecule has 0 radical (unpaired) electrons. The summed E-state index contributed by atoms with van der Waals surface area (Å²) >= 11 is 0. The van der Waals surface area contributed by atoms with Crippen molar-refractivity contribution in [2.24, 2.45) is 0 Å². The van der Waals surface area contributed by atoms with E-state index in [4.69, 9.17) is 4.74 Å². The molecule has 3 nitrogen and oxygen atoms in total. The summed E-state index contributed by atoms with van der Waals surface area (Å²) in [6.07, 6.45) is 0. The molecule has 0 saturated heterocycles. The molecule has 0 aliphatic rings. The average Bonchev–Trinajstić information content (AvgIpc) is 1.85. The van der Waals surface area contributed by atoms with Crippen LogP contribution in [-0.2, 0) is 0 Å². The van der Waals surface area contributed by atoms with Gasteiger partial charge in [0, 0.05) is 11.8 Å². The summed E-state index contributed by atoms with van der Waals surface area (Å²) < 4.78 is 4.86. The van der Waals surface area contributed by atoms with Gasteiger partial charge in [0.1, 0.15) is 5.75 Å². The Balaban J connectivity index is 0.000001000. The second-order valence-corrected chi connectivity index (χ2v) is 2.07. The molecule has 0 fully saturated rings. The van der Waals surface area contributed by atoms with Gasteiger partial charge in [-0.05, 0) is 13.0 Å². The third kappa shape index (κ3) is 2.63. The maximum atomic E-state index is 10.7. The van der Waals surface area contributed by atoms with Gasteiger partial charge in [-0.1, -0.05) is 0 Å². The zero-order valence-electron chi connectivity index (χ0n) is 6.38. The van der Waals surface area contributed by atoms with Crippen molar-refractivity contribution in [1.82, 2.24) is 4.98 Å². The van der Waals surface area contributed by atoms with Crippen LogP contribution in [0.3, 0.4) is 0 Å². The number of hydrogen-bond acceptors (Lipinski definition) is 2. The van der Waals surface area contributed by atoms with Gasteiger partial charge in [-0.25, -0.2) is 0 Å². The Hall–Kier alpha value is -0.960. The Morgan fingerprint density at radius 2 is 2.09 bits per heavy atom. The predicted molar refractivity (Wildman–Crippen MR) is 45.6 cm³/mol. The Morgan fingerprint density at radius 1 is 1.45 bits per heavy atom. The number of rotatable bonds is 1. The number of aromatic nitrogens is 1. The summed E-state index contributed by atoms with van der Waals surface area (Å²) in [4.78, 5) is 13.3. The lowest BCUT2D eigenvalue weighted by Gasteiger charge is -1.97. The molecule has 0 bridgehead atoms. The molecule has 0 aliphatic carbocycles. The predicted octanol–water partition coefficient (Wildman–Crippen LogP) is 1.11. The summed E-state index contributed by atoms with van der Waals surface area (Å²) in [5.41, 5.74) is 0.682. The Bertz CT molecular complexity index is 282. The monoisotopic (exact) mass is 175 g/mol. The van der Waals surface area contributed by atoms with Crippen LogP contribution in [0.25, 0.3) is 0 Å². The molecule has 11 heavy (non-hydrogen) atoms. The fourth-order valence-corrected chi connectivity index (χ4v) is 0.769. The number of H-pyrrole nitrogens is 1. The molecule has 0 aromatic carbocycles. The topological polar surface area (TPSA) is 42.1 Å². The molecule has 1 heterocycles. The fourth-order valence-electron chi connectivity index (χ4n) is 0.769. The van der Waals surface area contributed by atoms with Gasteiger partial charge in [-0.2, -0.15) is 0 Å². The number of ether oxygens (including phenoxy) is 1. The first kappa shape index (κ1) is 10.0. The molecular weight excluding hydrogens is 166 g/mol. The zero-order chi connectivity index (χ0) is 7.56. The van der Waals surface area contributed by atoms with Gasteiger partial charge in [-0.15, -0.1) is 12.4 Å².